The molecule has 0 radical (unpaired) electrons. The van der Waals surface area contributed by atoms with Gasteiger partial charge in [0, 0.05) is 17.8 Å². The van der Waals surface area contributed by atoms with Crippen molar-refractivity contribution >= 4 is 23.3 Å². The van der Waals surface area contributed by atoms with Crippen molar-refractivity contribution < 1.29 is 28.7 Å². The minimum Gasteiger partial charge on any atom is -0.480 e. The second kappa shape index (κ2) is 6.40. The molecular weight excluding hydrogens is 263 g/mol. The number of nitrogens with one attached hydrogen (secondary N) is 1. The molecule has 0 atom stereocenters. The highest BCUT2D eigenvalue weighted by atomic mass is 19.1. The molecule has 0 saturated carbocycles. The Morgan fingerprint density at radius 3 is 2.63 bits per heavy atom. The predicted octanol–water partition coefficient (Wildman–Crippen LogP) is 0.774. The van der Waals surface area contributed by atoms with Crippen LogP contribution in [0.15, 0.2) is 18.2 Å². The molecule has 1 aromatic rings. The molecule has 0 unspecified atom stereocenters. The number of hydrogen-bond donors (Lipinski definition) is 2. The van der Waals surface area contributed by atoms with E-state index in [0.717, 1.165) is 18.2 Å². The summed E-state index contributed by atoms with van der Waals surface area (Å²) < 4.78 is 17.7. The number of amides is 1. The maximum absolute atomic E-state index is 13.2. The number of nitrogens with zero attached hydrogens (tertiary/aromatic N) is 1. The van der Waals surface area contributed by atoms with Crippen molar-refractivity contribution in [1.82, 2.24) is 0 Å². The lowest BCUT2D eigenvalue weighted by molar-refractivity contribution is -0.387. The third kappa shape index (κ3) is 4.68. The zero-order valence-electron chi connectivity index (χ0n) is 9.46. The van der Waals surface area contributed by atoms with Crippen molar-refractivity contribution in [1.29, 1.82) is 0 Å². The predicted molar refractivity (Wildman–Crippen MR) is 60.1 cm³/mol. The van der Waals surface area contributed by atoms with E-state index in [2.05, 4.69) is 10.1 Å². The maximum atomic E-state index is 13.2. The number of carboxylic acids is 1. The fourth-order valence-electron chi connectivity index (χ4n) is 1.16. The van der Waals surface area contributed by atoms with Crippen LogP contribution in [-0.2, 0) is 14.3 Å². The van der Waals surface area contributed by atoms with E-state index in [0.29, 0.717) is 0 Å². The number of benzene rings is 1. The van der Waals surface area contributed by atoms with Crippen LogP contribution < -0.4 is 5.32 Å². The van der Waals surface area contributed by atoms with Gasteiger partial charge >= 0.3 is 11.7 Å². The van der Waals surface area contributed by atoms with Gasteiger partial charge in [0.15, 0.2) is 0 Å². The first kappa shape index (κ1) is 14.5. The van der Waals surface area contributed by atoms with Crippen LogP contribution in [0.3, 0.4) is 0 Å². The number of carbonyl (C=O) groups excluding carboxylic acids is 1. The molecule has 0 bridgehead atoms. The van der Waals surface area contributed by atoms with Gasteiger partial charge in [-0.3, -0.25) is 14.9 Å². The molecule has 0 saturated heterocycles. The summed E-state index contributed by atoms with van der Waals surface area (Å²) in [6.07, 6.45) is 0. The van der Waals surface area contributed by atoms with Gasteiger partial charge in [-0.2, -0.15) is 4.39 Å². The molecular formula is C10H9FN2O6. The number of ether oxygens (including phenoxy) is 1. The highest BCUT2D eigenvalue weighted by Crippen LogP contribution is 2.20. The molecule has 0 fully saturated rings. The van der Waals surface area contributed by atoms with Gasteiger partial charge in [-0.05, 0) is 6.07 Å². The van der Waals surface area contributed by atoms with Crippen LogP contribution in [-0.4, -0.2) is 35.1 Å². The number of aliphatic carboxylic acids is 1. The SMILES string of the molecule is O=C(O)COCC(=O)Nc1ccc([N+](=O)[O-])c(F)c1. The molecule has 0 aliphatic heterocycles. The van der Waals surface area contributed by atoms with Crippen molar-refractivity contribution in [2.75, 3.05) is 18.5 Å². The molecule has 19 heavy (non-hydrogen) atoms. The second-order valence-electron chi connectivity index (χ2n) is 3.36. The van der Waals surface area contributed by atoms with Crippen molar-refractivity contribution in [2.24, 2.45) is 0 Å². The zero-order valence-corrected chi connectivity index (χ0v) is 9.46. The largest absolute Gasteiger partial charge is 0.480 e. The Labute approximate surface area is 105 Å². The molecule has 8 nitrogen and oxygen atoms in total. The maximum Gasteiger partial charge on any atom is 0.329 e. The quantitative estimate of drug-likeness (QED) is 0.583. The van der Waals surface area contributed by atoms with Crippen molar-refractivity contribution in [2.45, 2.75) is 0 Å². The summed E-state index contributed by atoms with van der Waals surface area (Å²) in [5.41, 5.74) is -0.702. The highest BCUT2D eigenvalue weighted by molar-refractivity contribution is 5.91. The van der Waals surface area contributed by atoms with E-state index in [1.807, 2.05) is 0 Å². The average Bonchev–Trinajstić information content (AvgIpc) is 2.27. The van der Waals surface area contributed by atoms with Gasteiger partial charge in [0.1, 0.15) is 13.2 Å². The molecule has 0 spiro atoms. The number of nitro benzene ring substituents is 1. The van der Waals surface area contributed by atoms with Gasteiger partial charge in [0.2, 0.25) is 11.7 Å². The van der Waals surface area contributed by atoms with Crippen LogP contribution in [0, 0.1) is 15.9 Å². The number of rotatable bonds is 6. The Kier molecular flexibility index (Phi) is 4.89. The van der Waals surface area contributed by atoms with Gasteiger partial charge in [-0.25, -0.2) is 4.79 Å². The second-order valence-corrected chi connectivity index (χ2v) is 3.36. The van der Waals surface area contributed by atoms with Crippen molar-refractivity contribution in [3.8, 4) is 0 Å². The van der Waals surface area contributed by atoms with Crippen LogP contribution in [0.25, 0.3) is 0 Å². The minimum atomic E-state index is -1.23. The summed E-state index contributed by atoms with van der Waals surface area (Å²) >= 11 is 0. The van der Waals surface area contributed by atoms with E-state index in [1.54, 1.807) is 0 Å². The molecule has 1 amide bonds. The lowest BCUT2D eigenvalue weighted by Crippen LogP contribution is -2.20. The molecule has 9 heteroatoms. The molecule has 102 valence electrons. The molecule has 1 aromatic carbocycles. The first-order valence-corrected chi connectivity index (χ1v) is 4.93. The fourth-order valence-corrected chi connectivity index (χ4v) is 1.16. The molecule has 0 aromatic heterocycles. The summed E-state index contributed by atoms with van der Waals surface area (Å²) in [5.74, 6) is -3.02. The van der Waals surface area contributed by atoms with E-state index in [1.165, 1.54) is 0 Å². The normalized spacial score (nSPS) is 9.95. The molecule has 2 N–H and O–H groups in total. The van der Waals surface area contributed by atoms with Gasteiger partial charge in [-0.1, -0.05) is 0 Å². The number of carboxylic acid groups (broad SMARTS) is 1. The molecule has 1 rings (SSSR count). The minimum absolute atomic E-state index is 0.00650. The Morgan fingerprint density at radius 1 is 1.42 bits per heavy atom. The van der Waals surface area contributed by atoms with Crippen LogP contribution in [0.5, 0.6) is 0 Å². The highest BCUT2D eigenvalue weighted by Gasteiger charge is 2.14. The van der Waals surface area contributed by atoms with Gasteiger partial charge in [-0.15, -0.1) is 0 Å². The summed E-state index contributed by atoms with van der Waals surface area (Å²) in [5, 5.41) is 20.8. The Balaban J connectivity index is 2.58. The lowest BCUT2D eigenvalue weighted by atomic mass is 10.2. The first-order chi connectivity index (χ1) is 8.90. The number of hydrogen-bond acceptors (Lipinski definition) is 5. The summed E-state index contributed by atoms with van der Waals surface area (Å²) in [7, 11) is 0. The summed E-state index contributed by atoms with van der Waals surface area (Å²) in [6, 6.07) is 2.84. The van der Waals surface area contributed by atoms with Gasteiger partial charge in [0.25, 0.3) is 0 Å². The third-order valence-electron chi connectivity index (χ3n) is 1.89. The van der Waals surface area contributed by atoms with E-state index >= 15 is 0 Å². The van der Waals surface area contributed by atoms with Crippen LogP contribution >= 0.6 is 0 Å². The number of halogens is 1. The number of anilines is 1. The van der Waals surface area contributed by atoms with E-state index < -0.39 is 41.5 Å². The standard InChI is InChI=1S/C10H9FN2O6/c11-7-3-6(1-2-8(7)13(17)18)12-9(14)4-19-5-10(15)16/h1-3H,4-5H2,(H,12,14)(H,15,16). The summed E-state index contributed by atoms with van der Waals surface area (Å²) in [6.45, 7) is -1.16. The fraction of sp³-hybridized carbons (Fsp3) is 0.200. The molecule has 0 aliphatic carbocycles. The smallest absolute Gasteiger partial charge is 0.329 e. The average molecular weight is 272 g/mol. The van der Waals surface area contributed by atoms with Gasteiger partial charge in [0.05, 0.1) is 4.92 Å². The Hall–Kier alpha value is -2.55. The first-order valence-electron chi connectivity index (χ1n) is 4.93. The lowest BCUT2D eigenvalue weighted by Gasteiger charge is -2.05. The van der Waals surface area contributed by atoms with Crippen molar-refractivity contribution in [3.63, 3.8) is 0 Å². The van der Waals surface area contributed by atoms with E-state index in [9.17, 15) is 24.1 Å². The van der Waals surface area contributed by atoms with Crippen LogP contribution in [0.4, 0.5) is 15.8 Å². The van der Waals surface area contributed by atoms with E-state index in [4.69, 9.17) is 5.11 Å². The van der Waals surface area contributed by atoms with Gasteiger partial charge < -0.3 is 15.2 Å². The monoisotopic (exact) mass is 272 g/mol. The van der Waals surface area contributed by atoms with Crippen LogP contribution in [0.2, 0.25) is 0 Å². The van der Waals surface area contributed by atoms with E-state index in [-0.39, 0.29) is 5.69 Å². The number of carbonyl (C=O) groups is 2. The van der Waals surface area contributed by atoms with Crippen LogP contribution in [0.1, 0.15) is 0 Å². The zero-order chi connectivity index (χ0) is 14.4. The Morgan fingerprint density at radius 2 is 2.11 bits per heavy atom. The molecule has 0 heterocycles. The van der Waals surface area contributed by atoms with Crippen molar-refractivity contribution in [3.05, 3.63) is 34.1 Å². The third-order valence-corrected chi connectivity index (χ3v) is 1.89. The topological polar surface area (TPSA) is 119 Å². The summed E-state index contributed by atoms with van der Waals surface area (Å²) in [4.78, 5) is 30.8. The number of nitro groups is 1. The Bertz CT molecular complexity index is 519. The molecule has 0 aliphatic rings.